The fourth-order valence-electron chi connectivity index (χ4n) is 3.59. The second-order valence-corrected chi connectivity index (χ2v) is 7.18. The molecule has 0 saturated heterocycles. The Morgan fingerprint density at radius 2 is 1.69 bits per heavy atom. The molecule has 4 aromatic rings. The maximum absolute atomic E-state index is 14.4. The molecule has 3 aromatic carbocycles. The van der Waals surface area contributed by atoms with E-state index in [0.717, 1.165) is 18.2 Å². The Bertz CT molecular complexity index is 1430. The zero-order chi connectivity index (χ0) is 22.8. The third-order valence-corrected chi connectivity index (χ3v) is 5.07. The number of rotatable bonds is 5. The molecule has 0 unspecified atom stereocenters. The van der Waals surface area contributed by atoms with E-state index in [0.29, 0.717) is 33.3 Å². The average Bonchev–Trinajstić information content (AvgIpc) is 2.78. The van der Waals surface area contributed by atoms with Crippen LogP contribution in [0.5, 0.6) is 0 Å². The SMILES string of the molecule is C=CC(=O)Nc1cccc(Nc2ccc(F)cc2F)c1-c1cn(C)c(=O)c2ccccc12. The van der Waals surface area contributed by atoms with Crippen LogP contribution in [0.1, 0.15) is 0 Å². The number of carbonyl (C=O) groups excluding carboxylic acids is 1. The van der Waals surface area contributed by atoms with Gasteiger partial charge in [0.1, 0.15) is 11.6 Å². The van der Waals surface area contributed by atoms with Gasteiger partial charge in [-0.3, -0.25) is 9.59 Å². The molecule has 160 valence electrons. The average molecular weight is 431 g/mol. The van der Waals surface area contributed by atoms with Crippen molar-refractivity contribution < 1.29 is 13.6 Å². The number of pyridine rings is 1. The van der Waals surface area contributed by atoms with Crippen molar-refractivity contribution in [2.75, 3.05) is 10.6 Å². The highest BCUT2D eigenvalue weighted by Gasteiger charge is 2.18. The Morgan fingerprint density at radius 3 is 2.41 bits per heavy atom. The number of nitrogens with one attached hydrogen (secondary N) is 2. The Balaban J connectivity index is 2.00. The molecule has 0 radical (unpaired) electrons. The predicted molar refractivity (Wildman–Crippen MR) is 123 cm³/mol. The summed E-state index contributed by atoms with van der Waals surface area (Å²) in [5, 5.41) is 6.92. The van der Waals surface area contributed by atoms with Gasteiger partial charge in [-0.1, -0.05) is 30.8 Å². The lowest BCUT2D eigenvalue weighted by Gasteiger charge is -2.19. The first-order chi connectivity index (χ1) is 15.4. The van der Waals surface area contributed by atoms with E-state index in [1.54, 1.807) is 49.6 Å². The summed E-state index contributed by atoms with van der Waals surface area (Å²) >= 11 is 0. The molecule has 1 amide bonds. The van der Waals surface area contributed by atoms with Crippen LogP contribution in [0.4, 0.5) is 25.8 Å². The van der Waals surface area contributed by atoms with Crippen LogP contribution in [0.3, 0.4) is 0 Å². The van der Waals surface area contributed by atoms with Gasteiger partial charge < -0.3 is 15.2 Å². The summed E-state index contributed by atoms with van der Waals surface area (Å²) in [6.07, 6.45) is 2.80. The van der Waals surface area contributed by atoms with Gasteiger partial charge in [-0.05, 0) is 41.8 Å². The highest BCUT2D eigenvalue weighted by molar-refractivity contribution is 6.08. The van der Waals surface area contributed by atoms with Crippen molar-refractivity contribution in [2.45, 2.75) is 0 Å². The summed E-state index contributed by atoms with van der Waals surface area (Å²) in [7, 11) is 1.63. The highest BCUT2D eigenvalue weighted by Crippen LogP contribution is 2.40. The van der Waals surface area contributed by atoms with E-state index in [9.17, 15) is 18.4 Å². The first-order valence-electron chi connectivity index (χ1n) is 9.76. The second-order valence-electron chi connectivity index (χ2n) is 7.18. The van der Waals surface area contributed by atoms with Gasteiger partial charge in [0, 0.05) is 41.5 Å². The third-order valence-electron chi connectivity index (χ3n) is 5.07. The molecule has 0 aliphatic heterocycles. The van der Waals surface area contributed by atoms with Gasteiger partial charge in [0.05, 0.1) is 11.4 Å². The minimum Gasteiger partial charge on any atom is -0.353 e. The topological polar surface area (TPSA) is 63.1 Å². The number of halogens is 2. The van der Waals surface area contributed by atoms with Crippen LogP contribution in [0.15, 0.2) is 84.3 Å². The normalized spacial score (nSPS) is 10.7. The van der Waals surface area contributed by atoms with Crippen LogP contribution in [0.2, 0.25) is 0 Å². The van der Waals surface area contributed by atoms with Crippen molar-refractivity contribution in [1.82, 2.24) is 4.57 Å². The fraction of sp³-hybridized carbons (Fsp3) is 0.0400. The summed E-state index contributed by atoms with van der Waals surface area (Å²) in [5.41, 5.74) is 1.98. The number of amides is 1. The standard InChI is InChI=1S/C25H19F2N3O2/c1-3-23(31)29-22-10-6-9-21(28-20-12-11-15(26)13-19(20)27)24(22)18-14-30(2)25(32)17-8-5-4-7-16(17)18/h3-14,28H,1H2,2H3,(H,29,31). The number of hydrogen-bond donors (Lipinski definition) is 2. The third kappa shape index (κ3) is 3.88. The zero-order valence-electron chi connectivity index (χ0n) is 17.2. The number of nitrogens with zero attached hydrogens (tertiary/aromatic N) is 1. The molecule has 0 spiro atoms. The summed E-state index contributed by atoms with van der Waals surface area (Å²) < 4.78 is 29.2. The van der Waals surface area contributed by atoms with E-state index in [4.69, 9.17) is 0 Å². The number of carbonyl (C=O) groups is 1. The number of fused-ring (bicyclic) bond motifs is 1. The molecule has 0 aliphatic carbocycles. The van der Waals surface area contributed by atoms with Crippen LogP contribution in [-0.2, 0) is 11.8 Å². The number of hydrogen-bond acceptors (Lipinski definition) is 3. The van der Waals surface area contributed by atoms with Gasteiger partial charge in [0.15, 0.2) is 0 Å². The maximum Gasteiger partial charge on any atom is 0.258 e. The first-order valence-corrected chi connectivity index (χ1v) is 9.76. The van der Waals surface area contributed by atoms with E-state index >= 15 is 0 Å². The van der Waals surface area contributed by atoms with Crippen molar-refractivity contribution in [1.29, 1.82) is 0 Å². The number of benzene rings is 3. The lowest BCUT2D eigenvalue weighted by atomic mass is 9.97. The monoisotopic (exact) mass is 431 g/mol. The Hall–Kier alpha value is -4.26. The second kappa shape index (κ2) is 8.47. The van der Waals surface area contributed by atoms with Crippen LogP contribution in [0, 0.1) is 11.6 Å². The Morgan fingerprint density at radius 1 is 0.969 bits per heavy atom. The Labute approximate surface area is 182 Å². The van der Waals surface area contributed by atoms with Crippen molar-refractivity contribution in [3.63, 3.8) is 0 Å². The molecule has 2 N–H and O–H groups in total. The van der Waals surface area contributed by atoms with Crippen molar-refractivity contribution >= 4 is 33.7 Å². The van der Waals surface area contributed by atoms with Gasteiger partial charge in [-0.2, -0.15) is 0 Å². The molecule has 1 heterocycles. The van der Waals surface area contributed by atoms with E-state index in [-0.39, 0.29) is 11.2 Å². The van der Waals surface area contributed by atoms with Crippen molar-refractivity contribution in [2.24, 2.45) is 7.05 Å². The molecule has 32 heavy (non-hydrogen) atoms. The van der Waals surface area contributed by atoms with Gasteiger partial charge in [-0.25, -0.2) is 8.78 Å². The lowest BCUT2D eigenvalue weighted by molar-refractivity contribution is -0.111. The van der Waals surface area contributed by atoms with Gasteiger partial charge in [0.25, 0.3) is 5.56 Å². The molecule has 4 rings (SSSR count). The van der Waals surface area contributed by atoms with E-state index in [1.807, 2.05) is 6.07 Å². The van der Waals surface area contributed by atoms with Crippen molar-refractivity contribution in [3.05, 3.63) is 102 Å². The smallest absolute Gasteiger partial charge is 0.258 e. The molecule has 0 bridgehead atoms. The molecular weight excluding hydrogens is 412 g/mol. The summed E-state index contributed by atoms with van der Waals surface area (Å²) in [5.74, 6) is -1.88. The number of aryl methyl sites for hydroxylation is 1. The van der Waals surface area contributed by atoms with Crippen molar-refractivity contribution in [3.8, 4) is 11.1 Å². The minimum atomic E-state index is -0.762. The van der Waals surface area contributed by atoms with E-state index in [2.05, 4.69) is 17.2 Å². The zero-order valence-corrected chi connectivity index (χ0v) is 17.2. The quantitative estimate of drug-likeness (QED) is 0.419. The van der Waals surface area contributed by atoms with Crippen LogP contribution < -0.4 is 16.2 Å². The van der Waals surface area contributed by atoms with Gasteiger partial charge in [0.2, 0.25) is 5.91 Å². The highest BCUT2D eigenvalue weighted by atomic mass is 19.1. The van der Waals surface area contributed by atoms with E-state index in [1.165, 1.54) is 10.6 Å². The lowest BCUT2D eigenvalue weighted by Crippen LogP contribution is -2.17. The van der Waals surface area contributed by atoms with Crippen LogP contribution >= 0.6 is 0 Å². The first kappa shape index (κ1) is 21.0. The predicted octanol–water partition coefficient (Wildman–Crippen LogP) is 5.35. The largest absolute Gasteiger partial charge is 0.353 e. The summed E-state index contributed by atoms with van der Waals surface area (Å²) in [4.78, 5) is 24.8. The Kier molecular flexibility index (Phi) is 5.55. The molecule has 7 heteroatoms. The van der Waals surface area contributed by atoms with Gasteiger partial charge >= 0.3 is 0 Å². The fourth-order valence-corrected chi connectivity index (χ4v) is 3.59. The van der Waals surface area contributed by atoms with E-state index < -0.39 is 17.5 Å². The van der Waals surface area contributed by atoms with Gasteiger partial charge in [-0.15, -0.1) is 0 Å². The number of anilines is 3. The minimum absolute atomic E-state index is 0.0639. The molecule has 0 atom stereocenters. The number of aromatic nitrogens is 1. The molecular formula is C25H19F2N3O2. The van der Waals surface area contributed by atoms with Crippen LogP contribution in [-0.4, -0.2) is 10.5 Å². The molecule has 0 aliphatic rings. The summed E-state index contributed by atoms with van der Waals surface area (Å²) in [6, 6.07) is 15.4. The molecule has 0 fully saturated rings. The van der Waals surface area contributed by atoms with Crippen LogP contribution in [0.25, 0.3) is 21.9 Å². The molecule has 0 saturated carbocycles. The molecule has 5 nitrogen and oxygen atoms in total. The summed E-state index contributed by atoms with van der Waals surface area (Å²) in [6.45, 7) is 3.49. The maximum atomic E-state index is 14.4. The molecule has 1 aromatic heterocycles.